The van der Waals surface area contributed by atoms with Crippen molar-refractivity contribution < 1.29 is 0 Å². The first-order valence-electron chi connectivity index (χ1n) is 5.42. The molecule has 76 valence electrons. The number of hydrogen-bond acceptors (Lipinski definition) is 3. The summed E-state index contributed by atoms with van der Waals surface area (Å²) < 4.78 is 0. The molecule has 3 nitrogen and oxygen atoms in total. The molecule has 13 heavy (non-hydrogen) atoms. The molecule has 0 saturated heterocycles. The van der Waals surface area contributed by atoms with Crippen LogP contribution in [-0.2, 0) is 0 Å². The molecular weight excluding hydrogens is 162 g/mol. The Morgan fingerprint density at radius 2 is 1.69 bits per heavy atom. The van der Waals surface area contributed by atoms with Crippen LogP contribution >= 0.6 is 0 Å². The second kappa shape index (κ2) is 5.32. The Hall–Kier alpha value is -0.440. The van der Waals surface area contributed by atoms with Gasteiger partial charge in [0.05, 0.1) is 6.04 Å². The molecule has 0 aromatic rings. The van der Waals surface area contributed by atoms with Crippen LogP contribution in [0.5, 0.6) is 0 Å². The maximum Gasteiger partial charge on any atom is 0.0707 e. The highest BCUT2D eigenvalue weighted by Crippen LogP contribution is 2.24. The van der Waals surface area contributed by atoms with E-state index in [-0.39, 0.29) is 0 Å². The van der Waals surface area contributed by atoms with Crippen molar-refractivity contribution in [2.75, 3.05) is 13.1 Å². The molecule has 0 spiro atoms. The molecular formula is C10H21N3. The summed E-state index contributed by atoms with van der Waals surface area (Å²) in [7, 11) is 0. The van der Waals surface area contributed by atoms with Gasteiger partial charge in [-0.15, -0.1) is 0 Å². The summed E-state index contributed by atoms with van der Waals surface area (Å²) in [5, 5.41) is 3.62. The zero-order chi connectivity index (χ0) is 9.68. The van der Waals surface area contributed by atoms with Crippen molar-refractivity contribution in [1.82, 2.24) is 4.90 Å². The zero-order valence-electron chi connectivity index (χ0n) is 8.79. The van der Waals surface area contributed by atoms with Crippen molar-refractivity contribution in [1.29, 1.82) is 5.53 Å². The SMILES string of the molecule is CCN(CC)C1CCC(N=N)CC1. The van der Waals surface area contributed by atoms with Gasteiger partial charge in [-0.3, -0.25) is 0 Å². The molecule has 0 aromatic heterocycles. The molecule has 1 rings (SSSR count). The Kier molecular flexibility index (Phi) is 4.36. The predicted molar refractivity (Wildman–Crippen MR) is 54.1 cm³/mol. The van der Waals surface area contributed by atoms with E-state index in [1.54, 1.807) is 0 Å². The third-order valence-corrected chi connectivity index (χ3v) is 3.18. The molecule has 0 unspecified atom stereocenters. The molecule has 1 N–H and O–H groups in total. The van der Waals surface area contributed by atoms with Crippen molar-refractivity contribution >= 4 is 0 Å². The lowest BCUT2D eigenvalue weighted by Gasteiger charge is -2.34. The Balaban J connectivity index is 2.34. The van der Waals surface area contributed by atoms with Crippen LogP contribution in [0.4, 0.5) is 0 Å². The quantitative estimate of drug-likeness (QED) is 0.669. The maximum absolute atomic E-state index is 6.97. The zero-order valence-corrected chi connectivity index (χ0v) is 8.79. The summed E-state index contributed by atoms with van der Waals surface area (Å²) >= 11 is 0. The molecule has 0 aliphatic heterocycles. The molecule has 0 radical (unpaired) electrons. The van der Waals surface area contributed by atoms with Crippen LogP contribution in [0, 0.1) is 5.53 Å². The van der Waals surface area contributed by atoms with Crippen LogP contribution in [0.15, 0.2) is 5.11 Å². The van der Waals surface area contributed by atoms with Gasteiger partial charge in [-0.05, 0) is 38.8 Å². The summed E-state index contributed by atoms with van der Waals surface area (Å²) in [5.41, 5.74) is 6.97. The fourth-order valence-electron chi connectivity index (χ4n) is 2.29. The van der Waals surface area contributed by atoms with Crippen LogP contribution in [0.2, 0.25) is 0 Å². The Morgan fingerprint density at radius 1 is 1.15 bits per heavy atom. The lowest BCUT2D eigenvalue weighted by molar-refractivity contribution is 0.163. The second-order valence-corrected chi connectivity index (χ2v) is 3.81. The van der Waals surface area contributed by atoms with E-state index in [2.05, 4.69) is 23.9 Å². The van der Waals surface area contributed by atoms with Crippen molar-refractivity contribution in [3.8, 4) is 0 Å². The van der Waals surface area contributed by atoms with Gasteiger partial charge in [0.2, 0.25) is 0 Å². The van der Waals surface area contributed by atoms with Gasteiger partial charge in [0, 0.05) is 6.04 Å². The van der Waals surface area contributed by atoms with E-state index in [0.717, 1.165) is 32.0 Å². The smallest absolute Gasteiger partial charge is 0.0707 e. The predicted octanol–water partition coefficient (Wildman–Crippen LogP) is 2.67. The summed E-state index contributed by atoms with van der Waals surface area (Å²) in [6.45, 7) is 6.77. The molecule has 1 aliphatic rings. The van der Waals surface area contributed by atoms with Gasteiger partial charge < -0.3 is 4.90 Å². The molecule has 0 heterocycles. The van der Waals surface area contributed by atoms with Gasteiger partial charge in [0.25, 0.3) is 0 Å². The summed E-state index contributed by atoms with van der Waals surface area (Å²) in [5.74, 6) is 0. The van der Waals surface area contributed by atoms with E-state index in [1.165, 1.54) is 12.8 Å². The van der Waals surface area contributed by atoms with Crippen LogP contribution in [0.3, 0.4) is 0 Å². The van der Waals surface area contributed by atoms with Crippen LogP contribution in [-0.4, -0.2) is 30.1 Å². The van der Waals surface area contributed by atoms with Crippen molar-refractivity contribution in [3.05, 3.63) is 0 Å². The van der Waals surface area contributed by atoms with E-state index in [1.807, 2.05) is 0 Å². The standard InChI is InChI=1S/C10H21N3/c1-3-13(4-2)10-7-5-9(12-11)6-8-10/h9-11H,3-8H2,1-2H3. The van der Waals surface area contributed by atoms with Gasteiger partial charge >= 0.3 is 0 Å². The third kappa shape index (κ3) is 2.76. The van der Waals surface area contributed by atoms with E-state index in [4.69, 9.17) is 5.53 Å². The van der Waals surface area contributed by atoms with E-state index >= 15 is 0 Å². The molecule has 1 saturated carbocycles. The fraction of sp³-hybridized carbons (Fsp3) is 1.00. The first-order chi connectivity index (χ1) is 6.31. The van der Waals surface area contributed by atoms with E-state index < -0.39 is 0 Å². The van der Waals surface area contributed by atoms with E-state index in [0.29, 0.717) is 6.04 Å². The van der Waals surface area contributed by atoms with Crippen LogP contribution in [0.1, 0.15) is 39.5 Å². The van der Waals surface area contributed by atoms with Crippen molar-refractivity contribution in [2.45, 2.75) is 51.6 Å². The molecule has 3 heteroatoms. The molecule has 0 aromatic carbocycles. The monoisotopic (exact) mass is 183 g/mol. The van der Waals surface area contributed by atoms with Crippen molar-refractivity contribution in [3.63, 3.8) is 0 Å². The highest BCUT2D eigenvalue weighted by Gasteiger charge is 2.23. The van der Waals surface area contributed by atoms with Gasteiger partial charge in [0.15, 0.2) is 0 Å². The molecule has 1 aliphatic carbocycles. The largest absolute Gasteiger partial charge is 0.301 e. The van der Waals surface area contributed by atoms with Crippen molar-refractivity contribution in [2.24, 2.45) is 5.11 Å². The minimum Gasteiger partial charge on any atom is -0.301 e. The topological polar surface area (TPSA) is 39.5 Å². The molecule has 1 fully saturated rings. The summed E-state index contributed by atoms with van der Waals surface area (Å²) in [4.78, 5) is 2.53. The Bertz CT molecular complexity index is 146. The molecule has 0 atom stereocenters. The van der Waals surface area contributed by atoms with Gasteiger partial charge in [-0.2, -0.15) is 5.11 Å². The van der Waals surface area contributed by atoms with Crippen LogP contribution < -0.4 is 0 Å². The lowest BCUT2D eigenvalue weighted by Crippen LogP contribution is -2.38. The van der Waals surface area contributed by atoms with Crippen LogP contribution in [0.25, 0.3) is 0 Å². The average molecular weight is 183 g/mol. The Labute approximate surface area is 81.0 Å². The minimum absolute atomic E-state index is 0.326. The third-order valence-electron chi connectivity index (χ3n) is 3.18. The fourth-order valence-corrected chi connectivity index (χ4v) is 2.29. The molecule has 0 bridgehead atoms. The van der Waals surface area contributed by atoms with Gasteiger partial charge in [-0.25, -0.2) is 5.53 Å². The average Bonchev–Trinajstić information content (AvgIpc) is 2.21. The number of nitrogens with one attached hydrogen (secondary N) is 1. The minimum atomic E-state index is 0.326. The Morgan fingerprint density at radius 3 is 2.08 bits per heavy atom. The highest BCUT2D eigenvalue weighted by molar-refractivity contribution is 4.80. The first-order valence-corrected chi connectivity index (χ1v) is 5.42. The highest BCUT2D eigenvalue weighted by atomic mass is 15.1. The lowest BCUT2D eigenvalue weighted by atomic mass is 9.90. The second-order valence-electron chi connectivity index (χ2n) is 3.81. The van der Waals surface area contributed by atoms with Gasteiger partial charge in [-0.1, -0.05) is 13.8 Å². The van der Waals surface area contributed by atoms with E-state index in [9.17, 15) is 0 Å². The normalized spacial score (nSPS) is 29.2. The number of rotatable bonds is 4. The van der Waals surface area contributed by atoms with Gasteiger partial charge in [0.1, 0.15) is 0 Å². The summed E-state index contributed by atoms with van der Waals surface area (Å²) in [6, 6.07) is 1.08. The molecule has 0 amide bonds. The number of hydrogen-bond donors (Lipinski definition) is 1. The maximum atomic E-state index is 6.97. The first kappa shape index (κ1) is 10.6. The number of nitrogens with zero attached hydrogens (tertiary/aromatic N) is 2. The summed E-state index contributed by atoms with van der Waals surface area (Å²) in [6.07, 6.45) is 4.69.